The largest absolute Gasteiger partial charge is 0.493 e. The first kappa shape index (κ1) is 21.7. The minimum absolute atomic E-state index is 0.0419. The van der Waals surface area contributed by atoms with E-state index in [0.717, 1.165) is 0 Å². The van der Waals surface area contributed by atoms with E-state index in [1.807, 2.05) is 0 Å². The van der Waals surface area contributed by atoms with Crippen LogP contribution in [0.15, 0.2) is 24.3 Å². The maximum Gasteiger partial charge on any atom is 0.331 e. The number of rotatable bonds is 8. The highest BCUT2D eigenvalue weighted by Gasteiger charge is 2.34. The summed E-state index contributed by atoms with van der Waals surface area (Å²) in [7, 11) is -0.0532. The Morgan fingerprint density at radius 3 is 2.50 bits per heavy atom. The second-order valence-electron chi connectivity index (χ2n) is 6.29. The normalized spacial score (nSPS) is 18.0. The number of methoxy groups -OCH3 is 2. The molecule has 0 spiro atoms. The Hall–Kier alpha value is -2.55. The summed E-state index contributed by atoms with van der Waals surface area (Å²) in [6.07, 6.45) is 3.16. The number of hydrogen-bond acceptors (Lipinski definition) is 7. The van der Waals surface area contributed by atoms with Crippen molar-refractivity contribution in [2.75, 3.05) is 38.9 Å². The number of benzene rings is 1. The van der Waals surface area contributed by atoms with Gasteiger partial charge in [-0.05, 0) is 37.1 Å². The molecule has 1 unspecified atom stereocenters. The molecule has 2 rings (SSSR count). The zero-order valence-corrected chi connectivity index (χ0v) is 17.0. The fourth-order valence-corrected chi connectivity index (χ4v) is 4.77. The molecule has 1 amide bonds. The molecule has 9 heteroatoms. The van der Waals surface area contributed by atoms with Gasteiger partial charge < -0.3 is 19.1 Å². The van der Waals surface area contributed by atoms with Crippen molar-refractivity contribution in [2.24, 2.45) is 0 Å². The van der Waals surface area contributed by atoms with Gasteiger partial charge in [0, 0.05) is 18.7 Å². The van der Waals surface area contributed by atoms with Gasteiger partial charge in [0.15, 0.2) is 27.9 Å². The highest BCUT2D eigenvalue weighted by atomic mass is 32.2. The lowest BCUT2D eigenvalue weighted by atomic mass is 10.2. The van der Waals surface area contributed by atoms with E-state index < -0.39 is 28.3 Å². The van der Waals surface area contributed by atoms with Crippen molar-refractivity contribution in [3.63, 3.8) is 0 Å². The number of hydrogen-bond donors (Lipinski definition) is 0. The molecule has 154 valence electrons. The van der Waals surface area contributed by atoms with Crippen LogP contribution in [-0.2, 0) is 24.2 Å². The van der Waals surface area contributed by atoms with Crippen molar-refractivity contribution >= 4 is 27.8 Å². The molecule has 1 aliphatic rings. The van der Waals surface area contributed by atoms with Crippen LogP contribution in [0.25, 0.3) is 6.08 Å². The quantitative estimate of drug-likeness (QED) is 0.469. The number of carbonyl (C=O) groups excluding carboxylic acids is 2. The Morgan fingerprint density at radius 2 is 1.93 bits per heavy atom. The van der Waals surface area contributed by atoms with E-state index in [2.05, 4.69) is 0 Å². The van der Waals surface area contributed by atoms with Crippen LogP contribution in [0.2, 0.25) is 0 Å². The minimum Gasteiger partial charge on any atom is -0.493 e. The van der Waals surface area contributed by atoms with Gasteiger partial charge in [-0.15, -0.1) is 0 Å². The lowest BCUT2D eigenvalue weighted by Gasteiger charge is -2.26. The molecule has 1 aromatic rings. The number of ether oxygens (including phenoxy) is 3. The highest BCUT2D eigenvalue weighted by molar-refractivity contribution is 7.91. The first-order valence-electron chi connectivity index (χ1n) is 8.86. The maximum absolute atomic E-state index is 12.3. The summed E-state index contributed by atoms with van der Waals surface area (Å²) in [6, 6.07) is 4.80. The molecule has 0 aromatic heterocycles. The van der Waals surface area contributed by atoms with Crippen LogP contribution < -0.4 is 9.47 Å². The second kappa shape index (κ2) is 9.59. The van der Waals surface area contributed by atoms with E-state index in [0.29, 0.717) is 30.0 Å². The van der Waals surface area contributed by atoms with Crippen LogP contribution in [0.4, 0.5) is 0 Å². The Balaban J connectivity index is 1.90. The molecular weight excluding hydrogens is 386 g/mol. The fourth-order valence-electron chi connectivity index (χ4n) is 3.04. The summed E-state index contributed by atoms with van der Waals surface area (Å²) in [5, 5.41) is 0. The molecule has 1 fully saturated rings. The SMILES string of the molecule is CCN(C(=O)COC(=O)/C=C/c1ccc(OC)c(OC)c1)C1CCS(=O)(=O)C1. The van der Waals surface area contributed by atoms with E-state index >= 15 is 0 Å². The number of esters is 1. The molecular formula is C19H25NO7S. The standard InChI is InChI=1S/C19H25NO7S/c1-4-20(15-9-10-28(23,24)13-15)18(21)12-27-19(22)8-6-14-5-7-16(25-2)17(11-14)26-3/h5-8,11,15H,4,9-10,12-13H2,1-3H3/b8-6+. The predicted molar refractivity (Wildman–Crippen MR) is 104 cm³/mol. The molecule has 28 heavy (non-hydrogen) atoms. The van der Waals surface area contributed by atoms with Crippen LogP contribution >= 0.6 is 0 Å². The fraction of sp³-hybridized carbons (Fsp3) is 0.474. The van der Waals surface area contributed by atoms with Crippen molar-refractivity contribution in [1.29, 1.82) is 0 Å². The Bertz CT molecular complexity index is 848. The van der Waals surface area contributed by atoms with Crippen molar-refractivity contribution in [2.45, 2.75) is 19.4 Å². The third-order valence-electron chi connectivity index (χ3n) is 4.47. The van der Waals surface area contributed by atoms with Gasteiger partial charge in [-0.3, -0.25) is 4.79 Å². The summed E-state index contributed by atoms with van der Waals surface area (Å²) >= 11 is 0. The molecule has 0 saturated carbocycles. The number of nitrogens with zero attached hydrogens (tertiary/aromatic N) is 1. The zero-order valence-electron chi connectivity index (χ0n) is 16.2. The molecule has 1 aliphatic heterocycles. The smallest absolute Gasteiger partial charge is 0.331 e. The van der Waals surface area contributed by atoms with E-state index in [1.54, 1.807) is 25.1 Å². The summed E-state index contributed by atoms with van der Waals surface area (Å²) in [5.41, 5.74) is 0.701. The third-order valence-corrected chi connectivity index (χ3v) is 6.22. The van der Waals surface area contributed by atoms with Gasteiger partial charge in [-0.1, -0.05) is 6.07 Å². The van der Waals surface area contributed by atoms with E-state index in [4.69, 9.17) is 14.2 Å². The van der Waals surface area contributed by atoms with E-state index in [1.165, 1.54) is 31.3 Å². The number of likely N-dealkylation sites (N-methyl/N-ethyl adjacent to an activating group) is 1. The van der Waals surface area contributed by atoms with Gasteiger partial charge in [0.25, 0.3) is 5.91 Å². The highest BCUT2D eigenvalue weighted by Crippen LogP contribution is 2.28. The minimum atomic E-state index is -3.10. The summed E-state index contributed by atoms with van der Waals surface area (Å²) in [5.74, 6) is 0.0603. The first-order valence-corrected chi connectivity index (χ1v) is 10.7. The van der Waals surface area contributed by atoms with Crippen LogP contribution in [0.5, 0.6) is 11.5 Å². The molecule has 1 aromatic carbocycles. The average Bonchev–Trinajstić information content (AvgIpc) is 3.04. The molecule has 0 aliphatic carbocycles. The van der Waals surface area contributed by atoms with Gasteiger partial charge in [0.1, 0.15) is 0 Å². The molecule has 0 bridgehead atoms. The second-order valence-corrected chi connectivity index (χ2v) is 8.52. The Morgan fingerprint density at radius 1 is 1.21 bits per heavy atom. The molecule has 1 heterocycles. The summed E-state index contributed by atoms with van der Waals surface area (Å²) in [4.78, 5) is 25.7. The molecule has 0 N–H and O–H groups in total. The van der Waals surface area contributed by atoms with Gasteiger partial charge in [-0.2, -0.15) is 0 Å². The van der Waals surface area contributed by atoms with Crippen LogP contribution in [0.1, 0.15) is 18.9 Å². The van der Waals surface area contributed by atoms with Gasteiger partial charge in [0.05, 0.1) is 25.7 Å². The third kappa shape index (κ3) is 5.72. The van der Waals surface area contributed by atoms with E-state index in [9.17, 15) is 18.0 Å². The van der Waals surface area contributed by atoms with Crippen LogP contribution in [-0.4, -0.2) is 70.1 Å². The van der Waals surface area contributed by atoms with Gasteiger partial charge >= 0.3 is 5.97 Å². The van der Waals surface area contributed by atoms with Crippen molar-refractivity contribution in [3.05, 3.63) is 29.8 Å². The van der Waals surface area contributed by atoms with Crippen molar-refractivity contribution in [1.82, 2.24) is 4.90 Å². The van der Waals surface area contributed by atoms with Gasteiger partial charge in [0.2, 0.25) is 0 Å². The Labute approximate surface area is 165 Å². The van der Waals surface area contributed by atoms with E-state index in [-0.39, 0.29) is 17.5 Å². The maximum atomic E-state index is 12.3. The number of amides is 1. The summed E-state index contributed by atoms with van der Waals surface area (Å²) in [6.45, 7) is 1.69. The predicted octanol–water partition coefficient (Wildman–Crippen LogP) is 1.30. The van der Waals surface area contributed by atoms with Crippen molar-refractivity contribution in [3.8, 4) is 11.5 Å². The lowest BCUT2D eigenvalue weighted by Crippen LogP contribution is -2.43. The zero-order chi connectivity index (χ0) is 20.7. The first-order chi connectivity index (χ1) is 13.3. The van der Waals surface area contributed by atoms with Crippen LogP contribution in [0.3, 0.4) is 0 Å². The average molecular weight is 411 g/mol. The van der Waals surface area contributed by atoms with Crippen LogP contribution in [0, 0.1) is 0 Å². The topological polar surface area (TPSA) is 99.2 Å². The monoisotopic (exact) mass is 411 g/mol. The molecule has 1 saturated heterocycles. The Kier molecular flexibility index (Phi) is 7.45. The molecule has 8 nitrogen and oxygen atoms in total. The summed E-state index contributed by atoms with van der Waals surface area (Å²) < 4.78 is 38.6. The molecule has 0 radical (unpaired) electrons. The van der Waals surface area contributed by atoms with Crippen molar-refractivity contribution < 1.29 is 32.2 Å². The molecule has 1 atom stereocenters. The lowest BCUT2D eigenvalue weighted by molar-refractivity contribution is -0.149. The van der Waals surface area contributed by atoms with Gasteiger partial charge in [-0.25, -0.2) is 13.2 Å². The number of sulfone groups is 1. The number of carbonyl (C=O) groups is 2.